The van der Waals surface area contributed by atoms with Crippen molar-refractivity contribution in [2.75, 3.05) is 16.8 Å². The number of halogens is 1. The number of pyridine rings is 1. The normalized spacial score (nSPS) is 13.7. The van der Waals surface area contributed by atoms with E-state index in [1.165, 1.54) is 17.2 Å². The topological polar surface area (TPSA) is 62.3 Å². The maximum absolute atomic E-state index is 12.5. The number of para-hydroxylation sites is 2. The van der Waals surface area contributed by atoms with Crippen molar-refractivity contribution in [3.8, 4) is 0 Å². The molecule has 2 amide bonds. The van der Waals surface area contributed by atoms with Gasteiger partial charge in [-0.25, -0.2) is 4.98 Å². The number of amides is 2. The number of carbonyl (C=O) groups is 2. The van der Waals surface area contributed by atoms with Gasteiger partial charge in [-0.3, -0.25) is 14.5 Å². The minimum atomic E-state index is -0.281. The van der Waals surface area contributed by atoms with Crippen LogP contribution in [0, 0.1) is 0 Å². The van der Waals surface area contributed by atoms with Gasteiger partial charge < -0.3 is 5.32 Å². The fourth-order valence-corrected chi connectivity index (χ4v) is 2.28. The molecule has 1 aromatic heterocycles. The molecule has 3 rings (SSSR count). The molecule has 5 nitrogen and oxygen atoms in total. The second kappa shape index (κ2) is 4.94. The first-order valence-electron chi connectivity index (χ1n) is 5.97. The van der Waals surface area contributed by atoms with Crippen LogP contribution in [0.4, 0.5) is 11.4 Å². The van der Waals surface area contributed by atoms with Crippen molar-refractivity contribution in [1.29, 1.82) is 0 Å². The zero-order chi connectivity index (χ0) is 14.1. The minimum Gasteiger partial charge on any atom is -0.323 e. The van der Waals surface area contributed by atoms with Gasteiger partial charge in [-0.15, -0.1) is 0 Å². The zero-order valence-electron chi connectivity index (χ0n) is 10.3. The molecule has 1 aromatic carbocycles. The van der Waals surface area contributed by atoms with Crippen LogP contribution < -0.4 is 10.2 Å². The standard InChI is InChI=1S/C14H10ClN3O2/c15-12-7-9(5-6-16-12)14(20)18-8-13(19)17-10-3-1-2-4-11(10)18/h1-7H,8H2,(H,17,19). The largest absolute Gasteiger partial charge is 0.323 e. The molecule has 0 radical (unpaired) electrons. The van der Waals surface area contributed by atoms with Crippen molar-refractivity contribution in [1.82, 2.24) is 4.98 Å². The highest BCUT2D eigenvalue weighted by atomic mass is 35.5. The van der Waals surface area contributed by atoms with E-state index in [9.17, 15) is 9.59 Å². The third-order valence-electron chi connectivity index (χ3n) is 2.99. The molecular formula is C14H10ClN3O2. The maximum Gasteiger partial charge on any atom is 0.258 e. The van der Waals surface area contributed by atoms with E-state index in [2.05, 4.69) is 10.3 Å². The van der Waals surface area contributed by atoms with E-state index in [0.717, 1.165) is 0 Å². The summed E-state index contributed by atoms with van der Waals surface area (Å²) >= 11 is 5.80. The molecule has 0 atom stereocenters. The SMILES string of the molecule is O=C1CN(C(=O)c2ccnc(Cl)c2)c2ccccc2N1. The van der Waals surface area contributed by atoms with Gasteiger partial charge in [0, 0.05) is 11.8 Å². The van der Waals surface area contributed by atoms with Crippen LogP contribution in [0.3, 0.4) is 0 Å². The lowest BCUT2D eigenvalue weighted by atomic mass is 10.1. The van der Waals surface area contributed by atoms with E-state index >= 15 is 0 Å². The van der Waals surface area contributed by atoms with Gasteiger partial charge in [0.15, 0.2) is 0 Å². The Hall–Kier alpha value is -2.40. The molecule has 1 N–H and O–H groups in total. The lowest BCUT2D eigenvalue weighted by Crippen LogP contribution is -2.42. The first-order chi connectivity index (χ1) is 9.65. The van der Waals surface area contributed by atoms with Crippen LogP contribution in [-0.4, -0.2) is 23.3 Å². The Morgan fingerprint density at radius 1 is 1.30 bits per heavy atom. The van der Waals surface area contributed by atoms with Crippen LogP contribution in [-0.2, 0) is 4.79 Å². The van der Waals surface area contributed by atoms with Gasteiger partial charge in [0.1, 0.15) is 11.7 Å². The minimum absolute atomic E-state index is 0.0181. The number of aromatic nitrogens is 1. The molecule has 6 heteroatoms. The molecular weight excluding hydrogens is 278 g/mol. The second-order valence-corrected chi connectivity index (χ2v) is 4.71. The van der Waals surface area contributed by atoms with Gasteiger partial charge in [-0.05, 0) is 24.3 Å². The summed E-state index contributed by atoms with van der Waals surface area (Å²) in [6.07, 6.45) is 1.46. The molecule has 20 heavy (non-hydrogen) atoms. The maximum atomic E-state index is 12.5. The highest BCUT2D eigenvalue weighted by Gasteiger charge is 2.27. The fraction of sp³-hybridized carbons (Fsp3) is 0.0714. The molecule has 2 heterocycles. The average Bonchev–Trinajstić information content (AvgIpc) is 2.45. The zero-order valence-corrected chi connectivity index (χ0v) is 11.1. The first-order valence-corrected chi connectivity index (χ1v) is 6.35. The molecule has 0 fully saturated rings. The van der Waals surface area contributed by atoms with Crippen molar-refractivity contribution in [2.45, 2.75) is 0 Å². The number of nitrogens with one attached hydrogen (secondary N) is 1. The summed E-state index contributed by atoms with van der Waals surface area (Å²) in [5.41, 5.74) is 1.69. The van der Waals surface area contributed by atoms with E-state index in [1.54, 1.807) is 24.3 Å². The molecule has 1 aliphatic rings. The van der Waals surface area contributed by atoms with Crippen LogP contribution in [0.25, 0.3) is 0 Å². The Kier molecular flexibility index (Phi) is 3.12. The molecule has 0 aliphatic carbocycles. The van der Waals surface area contributed by atoms with Crippen LogP contribution in [0.2, 0.25) is 5.15 Å². The van der Waals surface area contributed by atoms with Gasteiger partial charge in [0.2, 0.25) is 5.91 Å². The number of rotatable bonds is 1. The number of anilines is 2. The Balaban J connectivity index is 2.02. The van der Waals surface area contributed by atoms with E-state index in [0.29, 0.717) is 16.9 Å². The van der Waals surface area contributed by atoms with Crippen molar-refractivity contribution in [3.63, 3.8) is 0 Å². The number of carbonyl (C=O) groups excluding carboxylic acids is 2. The smallest absolute Gasteiger partial charge is 0.258 e. The summed E-state index contributed by atoms with van der Waals surface area (Å²) in [6.45, 7) is -0.0181. The van der Waals surface area contributed by atoms with Gasteiger partial charge in [0.05, 0.1) is 11.4 Å². The van der Waals surface area contributed by atoms with Crippen molar-refractivity contribution >= 4 is 34.8 Å². The third kappa shape index (κ3) is 2.23. The fourth-order valence-electron chi connectivity index (χ4n) is 2.11. The number of benzene rings is 1. The van der Waals surface area contributed by atoms with Crippen LogP contribution in [0.5, 0.6) is 0 Å². The van der Waals surface area contributed by atoms with Crippen molar-refractivity contribution in [2.24, 2.45) is 0 Å². The highest BCUT2D eigenvalue weighted by molar-refractivity contribution is 6.30. The third-order valence-corrected chi connectivity index (χ3v) is 3.20. The number of fused-ring (bicyclic) bond motifs is 1. The van der Waals surface area contributed by atoms with Gasteiger partial charge in [-0.2, -0.15) is 0 Å². The highest BCUT2D eigenvalue weighted by Crippen LogP contribution is 2.30. The monoisotopic (exact) mass is 287 g/mol. The molecule has 1 aliphatic heterocycles. The molecule has 2 aromatic rings. The molecule has 0 saturated carbocycles. The summed E-state index contributed by atoms with van der Waals surface area (Å²) in [7, 11) is 0. The average molecular weight is 288 g/mol. The number of hydrogen-bond donors (Lipinski definition) is 1. The van der Waals surface area contributed by atoms with Crippen LogP contribution in [0.15, 0.2) is 42.6 Å². The lowest BCUT2D eigenvalue weighted by Gasteiger charge is -2.29. The molecule has 100 valence electrons. The summed E-state index contributed by atoms with van der Waals surface area (Å²) in [5, 5.41) is 2.98. The Labute approximate surface area is 120 Å². The predicted octanol–water partition coefficient (Wildman–Crippen LogP) is 2.33. The van der Waals surface area contributed by atoms with Gasteiger partial charge in [-0.1, -0.05) is 23.7 Å². The predicted molar refractivity (Wildman–Crippen MR) is 76.0 cm³/mol. The Morgan fingerprint density at radius 2 is 2.10 bits per heavy atom. The van der Waals surface area contributed by atoms with Crippen LogP contribution >= 0.6 is 11.6 Å². The second-order valence-electron chi connectivity index (χ2n) is 4.32. The van der Waals surface area contributed by atoms with E-state index in [4.69, 9.17) is 11.6 Å². The van der Waals surface area contributed by atoms with Gasteiger partial charge in [0.25, 0.3) is 5.91 Å². The van der Waals surface area contributed by atoms with Gasteiger partial charge >= 0.3 is 0 Å². The Bertz CT molecular complexity index is 702. The molecule has 0 spiro atoms. The first kappa shape index (κ1) is 12.6. The lowest BCUT2D eigenvalue weighted by molar-refractivity contribution is -0.115. The number of nitrogens with zero attached hydrogens (tertiary/aromatic N) is 2. The summed E-state index contributed by atoms with van der Waals surface area (Å²) in [5.74, 6) is -0.506. The quantitative estimate of drug-likeness (QED) is 0.819. The summed E-state index contributed by atoms with van der Waals surface area (Å²) in [4.78, 5) is 29.5. The Morgan fingerprint density at radius 3 is 2.90 bits per heavy atom. The summed E-state index contributed by atoms with van der Waals surface area (Å²) in [6, 6.07) is 10.2. The molecule has 0 saturated heterocycles. The van der Waals surface area contributed by atoms with E-state index in [-0.39, 0.29) is 23.5 Å². The van der Waals surface area contributed by atoms with Crippen molar-refractivity contribution in [3.05, 3.63) is 53.3 Å². The number of hydrogen-bond acceptors (Lipinski definition) is 3. The van der Waals surface area contributed by atoms with E-state index < -0.39 is 0 Å². The van der Waals surface area contributed by atoms with E-state index in [1.807, 2.05) is 6.07 Å². The molecule has 0 bridgehead atoms. The van der Waals surface area contributed by atoms with Crippen molar-refractivity contribution < 1.29 is 9.59 Å². The summed E-state index contributed by atoms with van der Waals surface area (Å²) < 4.78 is 0. The van der Waals surface area contributed by atoms with Crippen LogP contribution in [0.1, 0.15) is 10.4 Å². The molecule has 0 unspecified atom stereocenters.